The van der Waals surface area contributed by atoms with E-state index in [0.29, 0.717) is 0 Å². The first kappa shape index (κ1) is 13.8. The van der Waals surface area contributed by atoms with Crippen molar-refractivity contribution >= 4 is 11.4 Å². The molecular formula is C14H21N3O2. The van der Waals surface area contributed by atoms with E-state index < -0.39 is 0 Å². The van der Waals surface area contributed by atoms with Gasteiger partial charge in [0.15, 0.2) is 0 Å². The van der Waals surface area contributed by atoms with E-state index in [1.807, 2.05) is 0 Å². The number of benzene rings is 1. The van der Waals surface area contributed by atoms with E-state index >= 15 is 0 Å². The summed E-state index contributed by atoms with van der Waals surface area (Å²) in [6.07, 6.45) is 3.72. The molecule has 0 bridgehead atoms. The van der Waals surface area contributed by atoms with E-state index in [0.717, 1.165) is 18.2 Å². The third kappa shape index (κ3) is 4.21. The average molecular weight is 263 g/mol. The molecule has 0 spiro atoms. The number of anilines is 1. The van der Waals surface area contributed by atoms with E-state index in [1.165, 1.54) is 44.5 Å². The Morgan fingerprint density at radius 2 is 1.95 bits per heavy atom. The zero-order valence-electron chi connectivity index (χ0n) is 11.3. The zero-order chi connectivity index (χ0) is 13.7. The molecule has 1 aromatic rings. The fourth-order valence-electron chi connectivity index (χ4n) is 2.47. The first-order valence-corrected chi connectivity index (χ1v) is 6.82. The van der Waals surface area contributed by atoms with Gasteiger partial charge in [-0.3, -0.25) is 10.1 Å². The monoisotopic (exact) mass is 263 g/mol. The standard InChI is InChI=1S/C14H21N3O2/c1-16-10-7-12(8-11-16)6-9-15-13-2-4-14(5-3-13)17(18)19/h2-5,12,15H,6-11H2,1H3. The zero-order valence-corrected chi connectivity index (χ0v) is 11.3. The van der Waals surface area contributed by atoms with Crippen molar-refractivity contribution < 1.29 is 4.92 Å². The van der Waals surface area contributed by atoms with Crippen LogP contribution < -0.4 is 5.32 Å². The molecule has 1 saturated heterocycles. The number of likely N-dealkylation sites (tertiary alicyclic amines) is 1. The third-order valence-electron chi connectivity index (χ3n) is 3.80. The Hall–Kier alpha value is -1.62. The van der Waals surface area contributed by atoms with Gasteiger partial charge in [0, 0.05) is 24.4 Å². The van der Waals surface area contributed by atoms with Crippen LogP contribution in [-0.4, -0.2) is 36.5 Å². The van der Waals surface area contributed by atoms with Crippen LogP contribution in [0, 0.1) is 16.0 Å². The number of nitro groups is 1. The maximum Gasteiger partial charge on any atom is 0.269 e. The number of nitrogens with one attached hydrogen (secondary N) is 1. The number of rotatable bonds is 5. The summed E-state index contributed by atoms with van der Waals surface area (Å²) in [5, 5.41) is 13.9. The number of piperidine rings is 1. The third-order valence-corrected chi connectivity index (χ3v) is 3.80. The maximum atomic E-state index is 10.5. The summed E-state index contributed by atoms with van der Waals surface area (Å²) in [4.78, 5) is 12.5. The van der Waals surface area contributed by atoms with Gasteiger partial charge in [-0.25, -0.2) is 0 Å². The van der Waals surface area contributed by atoms with E-state index in [-0.39, 0.29) is 10.6 Å². The van der Waals surface area contributed by atoms with Gasteiger partial charge < -0.3 is 10.2 Å². The van der Waals surface area contributed by atoms with Crippen LogP contribution in [0.5, 0.6) is 0 Å². The summed E-state index contributed by atoms with van der Waals surface area (Å²) in [7, 11) is 2.17. The van der Waals surface area contributed by atoms with Crippen molar-refractivity contribution in [2.45, 2.75) is 19.3 Å². The molecule has 0 amide bonds. The molecular weight excluding hydrogens is 242 g/mol. The van der Waals surface area contributed by atoms with Crippen LogP contribution in [0.4, 0.5) is 11.4 Å². The van der Waals surface area contributed by atoms with Gasteiger partial charge in [0.2, 0.25) is 0 Å². The van der Waals surface area contributed by atoms with Gasteiger partial charge in [-0.05, 0) is 57.5 Å². The molecule has 1 fully saturated rings. The molecule has 0 unspecified atom stereocenters. The fourth-order valence-corrected chi connectivity index (χ4v) is 2.47. The van der Waals surface area contributed by atoms with Crippen LogP contribution in [0.1, 0.15) is 19.3 Å². The highest BCUT2D eigenvalue weighted by atomic mass is 16.6. The molecule has 1 N–H and O–H groups in total. The van der Waals surface area contributed by atoms with Gasteiger partial charge in [0.1, 0.15) is 0 Å². The van der Waals surface area contributed by atoms with Gasteiger partial charge in [0.05, 0.1) is 4.92 Å². The Morgan fingerprint density at radius 3 is 2.53 bits per heavy atom. The summed E-state index contributed by atoms with van der Waals surface area (Å²) in [5.74, 6) is 0.807. The summed E-state index contributed by atoms with van der Waals surface area (Å²) in [6.45, 7) is 3.33. The van der Waals surface area contributed by atoms with E-state index in [2.05, 4.69) is 17.3 Å². The predicted molar refractivity (Wildman–Crippen MR) is 76.4 cm³/mol. The number of hydrogen-bond acceptors (Lipinski definition) is 4. The lowest BCUT2D eigenvalue weighted by atomic mass is 9.94. The Kier molecular flexibility index (Phi) is 4.74. The quantitative estimate of drug-likeness (QED) is 0.655. The molecule has 1 aliphatic heterocycles. The van der Waals surface area contributed by atoms with E-state index in [1.54, 1.807) is 12.1 Å². The molecule has 0 aromatic heterocycles. The Morgan fingerprint density at radius 1 is 1.32 bits per heavy atom. The molecule has 104 valence electrons. The molecule has 5 nitrogen and oxygen atoms in total. The second kappa shape index (κ2) is 6.52. The van der Waals surface area contributed by atoms with Gasteiger partial charge in [-0.2, -0.15) is 0 Å². The lowest BCUT2D eigenvalue weighted by molar-refractivity contribution is -0.384. The minimum absolute atomic E-state index is 0.140. The van der Waals surface area contributed by atoms with Gasteiger partial charge >= 0.3 is 0 Å². The Labute approximate surface area is 113 Å². The van der Waals surface area contributed by atoms with Crippen molar-refractivity contribution in [1.29, 1.82) is 0 Å². The Bertz CT molecular complexity index is 411. The number of nitrogens with zero attached hydrogens (tertiary/aromatic N) is 2. The molecule has 0 saturated carbocycles. The highest BCUT2D eigenvalue weighted by molar-refractivity contribution is 5.48. The van der Waals surface area contributed by atoms with Crippen LogP contribution in [0.2, 0.25) is 0 Å². The van der Waals surface area contributed by atoms with Crippen molar-refractivity contribution in [3.05, 3.63) is 34.4 Å². The second-order valence-corrected chi connectivity index (χ2v) is 5.27. The van der Waals surface area contributed by atoms with Gasteiger partial charge in [0.25, 0.3) is 5.69 Å². The van der Waals surface area contributed by atoms with E-state index in [4.69, 9.17) is 0 Å². The second-order valence-electron chi connectivity index (χ2n) is 5.27. The molecule has 0 radical (unpaired) electrons. The first-order chi connectivity index (χ1) is 9.15. The minimum atomic E-state index is -0.373. The number of nitro benzene ring substituents is 1. The SMILES string of the molecule is CN1CCC(CCNc2ccc([N+](=O)[O-])cc2)CC1. The van der Waals surface area contributed by atoms with Crippen LogP contribution >= 0.6 is 0 Å². The normalized spacial score (nSPS) is 17.3. The Balaban J connectivity index is 1.72. The summed E-state index contributed by atoms with van der Waals surface area (Å²) < 4.78 is 0. The summed E-state index contributed by atoms with van der Waals surface area (Å²) in [5.41, 5.74) is 1.10. The maximum absolute atomic E-state index is 10.5. The van der Waals surface area contributed by atoms with Gasteiger partial charge in [-0.1, -0.05) is 0 Å². The predicted octanol–water partition coefficient (Wildman–Crippen LogP) is 2.74. The van der Waals surface area contributed by atoms with Crippen LogP contribution in [0.15, 0.2) is 24.3 Å². The molecule has 0 atom stereocenters. The molecule has 19 heavy (non-hydrogen) atoms. The van der Waals surface area contributed by atoms with Crippen LogP contribution in [0.3, 0.4) is 0 Å². The van der Waals surface area contributed by atoms with Crippen molar-refractivity contribution in [2.75, 3.05) is 32.0 Å². The molecule has 0 aliphatic carbocycles. The largest absolute Gasteiger partial charge is 0.385 e. The van der Waals surface area contributed by atoms with Crippen molar-refractivity contribution in [2.24, 2.45) is 5.92 Å². The highest BCUT2D eigenvalue weighted by Crippen LogP contribution is 2.20. The average Bonchev–Trinajstić information content (AvgIpc) is 2.41. The van der Waals surface area contributed by atoms with Crippen molar-refractivity contribution in [3.63, 3.8) is 0 Å². The van der Waals surface area contributed by atoms with Crippen molar-refractivity contribution in [1.82, 2.24) is 4.90 Å². The lowest BCUT2D eigenvalue weighted by Crippen LogP contribution is -2.30. The lowest BCUT2D eigenvalue weighted by Gasteiger charge is -2.28. The van der Waals surface area contributed by atoms with Gasteiger partial charge in [-0.15, -0.1) is 0 Å². The molecule has 5 heteroatoms. The first-order valence-electron chi connectivity index (χ1n) is 6.82. The smallest absolute Gasteiger partial charge is 0.269 e. The summed E-state index contributed by atoms with van der Waals surface area (Å²) >= 11 is 0. The van der Waals surface area contributed by atoms with Crippen LogP contribution in [-0.2, 0) is 0 Å². The number of hydrogen-bond donors (Lipinski definition) is 1. The van der Waals surface area contributed by atoms with Crippen LogP contribution in [0.25, 0.3) is 0 Å². The summed E-state index contributed by atoms with van der Waals surface area (Å²) in [6, 6.07) is 6.62. The topological polar surface area (TPSA) is 58.4 Å². The fraction of sp³-hybridized carbons (Fsp3) is 0.571. The van der Waals surface area contributed by atoms with Crippen molar-refractivity contribution in [3.8, 4) is 0 Å². The van der Waals surface area contributed by atoms with E-state index in [9.17, 15) is 10.1 Å². The molecule has 1 aromatic carbocycles. The molecule has 2 rings (SSSR count). The molecule has 1 heterocycles. The number of non-ortho nitro benzene ring substituents is 1. The molecule has 1 aliphatic rings. The minimum Gasteiger partial charge on any atom is -0.385 e. The highest BCUT2D eigenvalue weighted by Gasteiger charge is 2.15.